The van der Waals surface area contributed by atoms with Crippen LogP contribution >= 0.6 is 0 Å². The highest BCUT2D eigenvalue weighted by Gasteiger charge is 2.53. The lowest BCUT2D eigenvalue weighted by atomic mass is 9.79. The first kappa shape index (κ1) is 14.4. The van der Waals surface area contributed by atoms with Crippen molar-refractivity contribution in [3.05, 3.63) is 0 Å². The smallest absolute Gasteiger partial charge is 0.0498 e. The predicted octanol–water partition coefficient (Wildman–Crippen LogP) is 0.968. The van der Waals surface area contributed by atoms with Crippen molar-refractivity contribution in [1.29, 1.82) is 0 Å². The van der Waals surface area contributed by atoms with Crippen molar-refractivity contribution in [2.24, 2.45) is 11.7 Å². The fraction of sp³-hybridized carbons (Fsp3) is 1.00. The molecule has 4 aliphatic heterocycles. The summed E-state index contributed by atoms with van der Waals surface area (Å²) in [6.45, 7) is 7.34. The third kappa shape index (κ3) is 2.18. The van der Waals surface area contributed by atoms with E-state index in [0.717, 1.165) is 24.5 Å². The molecule has 120 valence electrons. The monoisotopic (exact) mass is 292 g/mol. The van der Waals surface area contributed by atoms with E-state index in [-0.39, 0.29) is 0 Å². The fourth-order valence-electron chi connectivity index (χ4n) is 6.00. The lowest BCUT2D eigenvalue weighted by molar-refractivity contribution is -0.0238. The van der Waals surface area contributed by atoms with Gasteiger partial charge in [0, 0.05) is 43.8 Å². The van der Waals surface area contributed by atoms with E-state index in [4.69, 9.17) is 5.73 Å². The number of rotatable bonds is 2. The zero-order valence-electron chi connectivity index (χ0n) is 13.6. The van der Waals surface area contributed by atoms with Crippen molar-refractivity contribution in [3.63, 3.8) is 0 Å². The van der Waals surface area contributed by atoms with Gasteiger partial charge in [-0.25, -0.2) is 0 Å². The summed E-state index contributed by atoms with van der Waals surface area (Å²) >= 11 is 0. The second-order valence-corrected chi connectivity index (χ2v) is 7.94. The number of piperidine rings is 2. The Bertz CT molecular complexity index is 387. The highest BCUT2D eigenvalue weighted by atomic mass is 15.3. The maximum atomic E-state index is 6.37. The SMILES string of the molecule is CN1CCCC2CN(C3(CN)CCN4CCCC43)CCC21. The van der Waals surface area contributed by atoms with Crippen LogP contribution in [0.3, 0.4) is 0 Å². The molecule has 0 aromatic rings. The molecule has 4 saturated heterocycles. The van der Waals surface area contributed by atoms with Crippen molar-refractivity contribution in [3.8, 4) is 0 Å². The molecule has 4 rings (SSSR count). The van der Waals surface area contributed by atoms with Crippen LogP contribution in [0.4, 0.5) is 0 Å². The Kier molecular flexibility index (Phi) is 3.77. The van der Waals surface area contributed by atoms with Gasteiger partial charge in [-0.15, -0.1) is 0 Å². The average Bonchev–Trinajstić information content (AvgIpc) is 3.09. The number of nitrogens with zero attached hydrogens (tertiary/aromatic N) is 3. The molecule has 0 aliphatic carbocycles. The summed E-state index contributed by atoms with van der Waals surface area (Å²) in [7, 11) is 2.33. The molecule has 2 N–H and O–H groups in total. The van der Waals surface area contributed by atoms with Gasteiger partial charge in [0.25, 0.3) is 0 Å². The molecular formula is C17H32N4. The van der Waals surface area contributed by atoms with Gasteiger partial charge in [-0.2, -0.15) is 0 Å². The predicted molar refractivity (Wildman–Crippen MR) is 86.3 cm³/mol. The zero-order valence-corrected chi connectivity index (χ0v) is 13.6. The molecular weight excluding hydrogens is 260 g/mol. The van der Waals surface area contributed by atoms with Gasteiger partial charge in [-0.05, 0) is 64.6 Å². The van der Waals surface area contributed by atoms with Crippen molar-refractivity contribution in [2.75, 3.05) is 46.3 Å². The van der Waals surface area contributed by atoms with Gasteiger partial charge in [0.1, 0.15) is 0 Å². The molecule has 4 fully saturated rings. The van der Waals surface area contributed by atoms with E-state index in [1.165, 1.54) is 71.2 Å². The highest BCUT2D eigenvalue weighted by Crippen LogP contribution is 2.42. The Morgan fingerprint density at radius 3 is 2.76 bits per heavy atom. The van der Waals surface area contributed by atoms with Gasteiger partial charge in [-0.3, -0.25) is 9.80 Å². The van der Waals surface area contributed by atoms with Crippen LogP contribution in [-0.2, 0) is 0 Å². The third-order valence-corrected chi connectivity index (χ3v) is 7.14. The number of hydrogen-bond acceptors (Lipinski definition) is 4. The summed E-state index contributed by atoms with van der Waals surface area (Å²) in [6, 6.07) is 1.59. The quantitative estimate of drug-likeness (QED) is 0.823. The van der Waals surface area contributed by atoms with Crippen LogP contribution in [0.15, 0.2) is 0 Å². The van der Waals surface area contributed by atoms with E-state index in [9.17, 15) is 0 Å². The highest BCUT2D eigenvalue weighted by molar-refractivity contribution is 5.11. The van der Waals surface area contributed by atoms with E-state index in [0.29, 0.717) is 5.54 Å². The maximum Gasteiger partial charge on any atom is 0.0498 e. The van der Waals surface area contributed by atoms with E-state index in [1.54, 1.807) is 0 Å². The van der Waals surface area contributed by atoms with Crippen LogP contribution in [0.25, 0.3) is 0 Å². The first-order valence-electron chi connectivity index (χ1n) is 9.14. The van der Waals surface area contributed by atoms with Crippen molar-refractivity contribution < 1.29 is 0 Å². The number of likely N-dealkylation sites (tertiary alicyclic amines) is 2. The van der Waals surface area contributed by atoms with Gasteiger partial charge >= 0.3 is 0 Å². The van der Waals surface area contributed by atoms with Crippen molar-refractivity contribution >= 4 is 0 Å². The molecule has 0 amide bonds. The first-order valence-corrected chi connectivity index (χ1v) is 9.14. The maximum absolute atomic E-state index is 6.37. The zero-order chi connectivity index (χ0) is 14.4. The lowest BCUT2D eigenvalue weighted by Gasteiger charge is -2.53. The minimum absolute atomic E-state index is 0.303. The summed E-state index contributed by atoms with van der Waals surface area (Å²) < 4.78 is 0. The first-order chi connectivity index (χ1) is 10.2. The molecule has 4 aliphatic rings. The normalized spacial score (nSPS) is 45.7. The number of nitrogens with two attached hydrogens (primary N) is 1. The van der Waals surface area contributed by atoms with Crippen molar-refractivity contribution in [2.45, 2.75) is 56.1 Å². The van der Waals surface area contributed by atoms with Crippen LogP contribution in [0.1, 0.15) is 38.5 Å². The Hall–Kier alpha value is -0.160. The summed E-state index contributed by atoms with van der Waals surface area (Å²) in [5.74, 6) is 0.886. The van der Waals surface area contributed by atoms with Gasteiger partial charge in [0.2, 0.25) is 0 Å². The molecule has 0 aromatic heterocycles. The molecule has 4 heterocycles. The summed E-state index contributed by atoms with van der Waals surface area (Å²) in [5, 5.41) is 0. The van der Waals surface area contributed by atoms with E-state index >= 15 is 0 Å². The second kappa shape index (κ2) is 5.48. The topological polar surface area (TPSA) is 35.7 Å². The molecule has 0 saturated carbocycles. The van der Waals surface area contributed by atoms with Gasteiger partial charge in [-0.1, -0.05) is 0 Å². The van der Waals surface area contributed by atoms with Crippen LogP contribution in [0.2, 0.25) is 0 Å². The molecule has 0 spiro atoms. The van der Waals surface area contributed by atoms with Gasteiger partial charge < -0.3 is 10.6 Å². The van der Waals surface area contributed by atoms with E-state index < -0.39 is 0 Å². The summed E-state index contributed by atoms with van der Waals surface area (Å²) in [5.41, 5.74) is 6.68. The third-order valence-electron chi connectivity index (χ3n) is 7.14. The van der Waals surface area contributed by atoms with Crippen molar-refractivity contribution in [1.82, 2.24) is 14.7 Å². The second-order valence-electron chi connectivity index (χ2n) is 7.94. The Morgan fingerprint density at radius 1 is 1.05 bits per heavy atom. The van der Waals surface area contributed by atoms with Crippen LogP contribution in [-0.4, -0.2) is 78.6 Å². The Morgan fingerprint density at radius 2 is 1.90 bits per heavy atom. The molecule has 4 unspecified atom stereocenters. The number of fused-ring (bicyclic) bond motifs is 2. The summed E-state index contributed by atoms with van der Waals surface area (Å²) in [6.07, 6.45) is 8.24. The molecule has 4 atom stereocenters. The Labute approximate surface area is 129 Å². The van der Waals surface area contributed by atoms with Crippen LogP contribution < -0.4 is 5.73 Å². The number of hydrogen-bond donors (Lipinski definition) is 1. The Balaban J connectivity index is 1.53. The minimum Gasteiger partial charge on any atom is -0.329 e. The van der Waals surface area contributed by atoms with E-state index in [2.05, 4.69) is 21.7 Å². The molecule has 0 radical (unpaired) electrons. The molecule has 21 heavy (non-hydrogen) atoms. The average molecular weight is 292 g/mol. The molecule has 0 aromatic carbocycles. The van der Waals surface area contributed by atoms with Gasteiger partial charge in [0.05, 0.1) is 0 Å². The van der Waals surface area contributed by atoms with E-state index in [1.807, 2.05) is 0 Å². The molecule has 0 bridgehead atoms. The lowest BCUT2D eigenvalue weighted by Crippen LogP contribution is -2.65. The largest absolute Gasteiger partial charge is 0.329 e. The molecule has 4 heteroatoms. The van der Waals surface area contributed by atoms with Crippen LogP contribution in [0, 0.1) is 5.92 Å². The molecule has 4 nitrogen and oxygen atoms in total. The van der Waals surface area contributed by atoms with Crippen LogP contribution in [0.5, 0.6) is 0 Å². The minimum atomic E-state index is 0.303. The fourth-order valence-corrected chi connectivity index (χ4v) is 6.00. The van der Waals surface area contributed by atoms with Gasteiger partial charge in [0.15, 0.2) is 0 Å². The summed E-state index contributed by atoms with van der Waals surface area (Å²) in [4.78, 5) is 8.19. The standard InChI is InChI=1S/C17H32N4/c1-19-8-2-4-14-12-21(10-6-15(14)19)17(13-18)7-11-20-9-3-5-16(17)20/h14-16H,2-13,18H2,1H3.